The molecular formula is C29H27O9P. The molecule has 0 saturated carbocycles. The van der Waals surface area contributed by atoms with Crippen molar-refractivity contribution in [1.29, 1.82) is 0 Å². The van der Waals surface area contributed by atoms with Crippen LogP contribution in [0.15, 0.2) is 97.1 Å². The maximum atomic E-state index is 14.7. The van der Waals surface area contributed by atoms with Crippen molar-refractivity contribution < 1.29 is 44.5 Å². The summed E-state index contributed by atoms with van der Waals surface area (Å²) in [6.07, 6.45) is -5.14. The third kappa shape index (κ3) is 5.73. The average molecular weight is 551 g/mol. The van der Waals surface area contributed by atoms with Crippen LogP contribution in [-0.4, -0.2) is 20.4 Å². The molecule has 0 bridgehead atoms. The number of aryl methyl sites for hydroxylation is 1. The monoisotopic (exact) mass is 550 g/mol. The van der Waals surface area contributed by atoms with Crippen LogP contribution in [0, 0.1) is 6.92 Å². The molecule has 0 unspecified atom stereocenters. The van der Waals surface area contributed by atoms with Crippen molar-refractivity contribution in [3.05, 3.63) is 125 Å². The summed E-state index contributed by atoms with van der Waals surface area (Å²) >= 11 is 0. The van der Waals surface area contributed by atoms with E-state index in [9.17, 15) is 25.0 Å². The van der Waals surface area contributed by atoms with Crippen LogP contribution in [-0.2, 0) is 24.1 Å². The highest BCUT2D eigenvalue weighted by Gasteiger charge is 2.32. The highest BCUT2D eigenvalue weighted by atomic mass is 31.2. The zero-order chi connectivity index (χ0) is 27.6. The van der Waals surface area contributed by atoms with Crippen molar-refractivity contribution in [2.24, 2.45) is 0 Å². The Bertz CT molecular complexity index is 1370. The lowest BCUT2D eigenvalue weighted by atomic mass is 10.1. The fourth-order valence-corrected chi connectivity index (χ4v) is 6.78. The first-order valence-corrected chi connectivity index (χ1v) is 13.8. The Balaban J connectivity index is 1.41. The van der Waals surface area contributed by atoms with Gasteiger partial charge in [-0.2, -0.15) is 19.6 Å². The van der Waals surface area contributed by atoms with Crippen LogP contribution in [0.25, 0.3) is 0 Å². The van der Waals surface area contributed by atoms with E-state index in [1.807, 2.05) is 31.2 Å². The maximum Gasteiger partial charge on any atom is 0.249 e. The number of hydrogen-bond acceptors (Lipinski definition) is 9. The van der Waals surface area contributed by atoms with E-state index in [0.29, 0.717) is 21.5 Å². The standard InChI is InChI=1S/C29H27O9P/c1-18-2-4-21(5-3-18)28-35-37-29(38-36-28)22-10-16-25(17-11-22)39(34,23-12-6-19(7-13-23)26(30)31)24-14-8-20(9-15-24)27(32)33/h2-17,26-33H,1H3. The van der Waals surface area contributed by atoms with E-state index in [1.165, 1.54) is 24.3 Å². The van der Waals surface area contributed by atoms with Gasteiger partial charge in [-0.25, -0.2) is 0 Å². The predicted octanol–water partition coefficient (Wildman–Crippen LogP) is 3.21. The summed E-state index contributed by atoms with van der Waals surface area (Å²) in [6, 6.07) is 26.6. The minimum absolute atomic E-state index is 0.259. The van der Waals surface area contributed by atoms with Gasteiger partial charge < -0.3 is 25.0 Å². The molecule has 5 rings (SSSR count). The Hall–Kier alpha value is -3.21. The average Bonchev–Trinajstić information content (AvgIpc) is 2.97. The van der Waals surface area contributed by atoms with Crippen LogP contribution in [0.4, 0.5) is 0 Å². The van der Waals surface area contributed by atoms with Gasteiger partial charge in [0.1, 0.15) is 0 Å². The fourth-order valence-electron chi connectivity index (χ4n) is 4.18. The first kappa shape index (κ1) is 27.4. The topological polar surface area (TPSA) is 135 Å². The van der Waals surface area contributed by atoms with Gasteiger partial charge in [0.15, 0.2) is 19.7 Å². The van der Waals surface area contributed by atoms with Crippen molar-refractivity contribution in [3.8, 4) is 0 Å². The van der Waals surface area contributed by atoms with E-state index in [-0.39, 0.29) is 11.1 Å². The molecule has 1 saturated heterocycles. The zero-order valence-corrected chi connectivity index (χ0v) is 21.7. The Kier molecular flexibility index (Phi) is 8.06. The van der Waals surface area contributed by atoms with Crippen LogP contribution in [0.1, 0.15) is 53.0 Å². The molecule has 39 heavy (non-hydrogen) atoms. The molecular weight excluding hydrogens is 523 g/mol. The van der Waals surface area contributed by atoms with Gasteiger partial charge in [-0.1, -0.05) is 103 Å². The molecule has 0 atom stereocenters. The van der Waals surface area contributed by atoms with Gasteiger partial charge in [0.2, 0.25) is 12.6 Å². The van der Waals surface area contributed by atoms with Crippen LogP contribution in [0.2, 0.25) is 0 Å². The van der Waals surface area contributed by atoms with Gasteiger partial charge in [0.05, 0.1) is 0 Å². The van der Waals surface area contributed by atoms with E-state index in [0.717, 1.165) is 11.1 Å². The second-order valence-electron chi connectivity index (χ2n) is 9.09. The summed E-state index contributed by atoms with van der Waals surface area (Å²) in [5.74, 6) is 0. The molecule has 0 amide bonds. The molecule has 202 valence electrons. The van der Waals surface area contributed by atoms with Crippen molar-refractivity contribution in [1.82, 2.24) is 0 Å². The lowest BCUT2D eigenvalue weighted by molar-refractivity contribution is -0.600. The van der Waals surface area contributed by atoms with Crippen molar-refractivity contribution >= 4 is 23.1 Å². The molecule has 1 heterocycles. The van der Waals surface area contributed by atoms with E-state index in [1.54, 1.807) is 48.5 Å². The van der Waals surface area contributed by atoms with Gasteiger partial charge in [-0.15, -0.1) is 0 Å². The van der Waals surface area contributed by atoms with Gasteiger partial charge in [0.25, 0.3) is 0 Å². The molecule has 0 spiro atoms. The zero-order valence-electron chi connectivity index (χ0n) is 20.8. The van der Waals surface area contributed by atoms with Gasteiger partial charge in [0, 0.05) is 38.2 Å². The largest absolute Gasteiger partial charge is 0.364 e. The Morgan fingerprint density at radius 3 is 1.18 bits per heavy atom. The molecule has 1 aliphatic rings. The quantitative estimate of drug-likeness (QED) is 0.155. The normalized spacial score (nSPS) is 18.0. The predicted molar refractivity (Wildman–Crippen MR) is 141 cm³/mol. The minimum atomic E-state index is -3.46. The molecule has 4 aromatic carbocycles. The van der Waals surface area contributed by atoms with Crippen molar-refractivity contribution in [2.75, 3.05) is 0 Å². The first-order valence-electron chi connectivity index (χ1n) is 12.1. The van der Waals surface area contributed by atoms with Crippen molar-refractivity contribution in [2.45, 2.75) is 32.1 Å². The minimum Gasteiger partial charge on any atom is -0.364 e. The number of aliphatic hydroxyl groups is 4. The van der Waals surface area contributed by atoms with E-state index >= 15 is 0 Å². The molecule has 4 aromatic rings. The summed E-state index contributed by atoms with van der Waals surface area (Å²) in [4.78, 5) is 21.6. The Morgan fingerprint density at radius 1 is 0.538 bits per heavy atom. The van der Waals surface area contributed by atoms with Crippen LogP contribution in [0.3, 0.4) is 0 Å². The van der Waals surface area contributed by atoms with E-state index in [2.05, 4.69) is 0 Å². The lowest BCUT2D eigenvalue weighted by Crippen LogP contribution is -2.26. The second kappa shape index (κ2) is 11.5. The summed E-state index contributed by atoms with van der Waals surface area (Å²) in [5.41, 5.74) is 2.90. The SMILES string of the molecule is Cc1ccc(C2OOC(c3ccc(P(=O)(c4ccc(C(O)O)cc4)c4ccc(C(O)O)cc4)cc3)OO2)cc1. The highest BCUT2D eigenvalue weighted by Crippen LogP contribution is 2.43. The number of aliphatic hydroxyl groups excluding tert-OH is 2. The fraction of sp³-hybridized carbons (Fsp3) is 0.172. The smallest absolute Gasteiger partial charge is 0.249 e. The van der Waals surface area contributed by atoms with Gasteiger partial charge >= 0.3 is 0 Å². The lowest BCUT2D eigenvalue weighted by Gasteiger charge is -2.27. The Morgan fingerprint density at radius 2 is 0.846 bits per heavy atom. The molecule has 0 aliphatic carbocycles. The first-order chi connectivity index (χ1) is 18.8. The van der Waals surface area contributed by atoms with E-state index in [4.69, 9.17) is 19.6 Å². The van der Waals surface area contributed by atoms with Crippen LogP contribution in [0.5, 0.6) is 0 Å². The molecule has 4 N–H and O–H groups in total. The maximum absolute atomic E-state index is 14.7. The third-order valence-corrected chi connectivity index (χ3v) is 9.52. The summed E-state index contributed by atoms with van der Waals surface area (Å²) in [6.45, 7) is 1.97. The number of benzene rings is 4. The van der Waals surface area contributed by atoms with Gasteiger partial charge in [-0.05, 0) is 6.92 Å². The highest BCUT2D eigenvalue weighted by molar-refractivity contribution is 7.85. The van der Waals surface area contributed by atoms with Crippen LogP contribution >= 0.6 is 7.14 Å². The molecule has 9 nitrogen and oxygen atoms in total. The molecule has 10 heteroatoms. The van der Waals surface area contributed by atoms with Crippen molar-refractivity contribution in [3.63, 3.8) is 0 Å². The number of rotatable bonds is 7. The third-order valence-electron chi connectivity index (χ3n) is 6.45. The summed E-state index contributed by atoms with van der Waals surface area (Å²) in [5, 5.41) is 39.3. The molecule has 1 aliphatic heterocycles. The van der Waals surface area contributed by atoms with Gasteiger partial charge in [-0.3, -0.25) is 0 Å². The molecule has 1 fully saturated rings. The number of hydrogen-bond donors (Lipinski definition) is 4. The summed E-state index contributed by atoms with van der Waals surface area (Å²) < 4.78 is 14.7. The molecule has 0 aromatic heterocycles. The van der Waals surface area contributed by atoms with E-state index < -0.39 is 32.3 Å². The second-order valence-corrected chi connectivity index (χ2v) is 11.9. The molecule has 0 radical (unpaired) electrons. The Labute approximate surface area is 224 Å². The van der Waals surface area contributed by atoms with Crippen LogP contribution < -0.4 is 15.9 Å². The summed E-state index contributed by atoms with van der Waals surface area (Å²) in [7, 11) is -3.46.